The van der Waals surface area contributed by atoms with Crippen LogP contribution in [0.1, 0.15) is 18.5 Å². The van der Waals surface area contributed by atoms with Crippen LogP contribution in [-0.4, -0.2) is 41.9 Å². The molecule has 0 aliphatic carbocycles. The lowest BCUT2D eigenvalue weighted by Crippen LogP contribution is -2.31. The van der Waals surface area contributed by atoms with Gasteiger partial charge in [-0.25, -0.2) is 4.68 Å². The van der Waals surface area contributed by atoms with Crippen LogP contribution in [0.3, 0.4) is 0 Å². The van der Waals surface area contributed by atoms with Crippen molar-refractivity contribution in [2.45, 2.75) is 13.0 Å². The highest BCUT2D eigenvalue weighted by atomic mass is 16.5. The molecule has 4 rings (SSSR count). The summed E-state index contributed by atoms with van der Waals surface area (Å²) in [6.45, 7) is 1.82. The summed E-state index contributed by atoms with van der Waals surface area (Å²) in [5, 5.41) is 7.89. The van der Waals surface area contributed by atoms with Gasteiger partial charge in [-0.3, -0.25) is 4.79 Å². The first-order chi connectivity index (χ1) is 14.4. The fraction of sp³-hybridized carbons (Fsp3) is 0.227. The van der Waals surface area contributed by atoms with Crippen LogP contribution in [0.5, 0.6) is 5.75 Å². The van der Waals surface area contributed by atoms with Gasteiger partial charge in [-0.1, -0.05) is 12.1 Å². The van der Waals surface area contributed by atoms with Crippen molar-refractivity contribution < 1.29 is 9.53 Å². The summed E-state index contributed by atoms with van der Waals surface area (Å²) in [6, 6.07) is 15.0. The van der Waals surface area contributed by atoms with Gasteiger partial charge in [0.2, 0.25) is 11.9 Å². The van der Waals surface area contributed by atoms with Crippen molar-refractivity contribution >= 4 is 17.5 Å². The number of carbonyl (C=O) groups is 1. The highest BCUT2D eigenvalue weighted by Gasteiger charge is 2.33. The Labute approximate surface area is 175 Å². The van der Waals surface area contributed by atoms with Crippen LogP contribution < -0.4 is 20.7 Å². The van der Waals surface area contributed by atoms with Crippen LogP contribution in [0.15, 0.2) is 59.8 Å². The maximum absolute atomic E-state index is 12.3. The number of rotatable bonds is 5. The topological polar surface area (TPSA) is 98.3 Å². The molecule has 0 spiro atoms. The minimum Gasteiger partial charge on any atom is -0.497 e. The number of carbonyl (C=O) groups excluding carboxylic acids is 1. The van der Waals surface area contributed by atoms with Gasteiger partial charge >= 0.3 is 0 Å². The maximum atomic E-state index is 12.3. The van der Waals surface area contributed by atoms with Gasteiger partial charge in [0.25, 0.3) is 0 Å². The lowest BCUT2D eigenvalue weighted by Gasteiger charge is -2.27. The monoisotopic (exact) mass is 404 g/mol. The van der Waals surface area contributed by atoms with E-state index < -0.39 is 11.9 Å². The third-order valence-corrected chi connectivity index (χ3v) is 5.17. The standard InChI is InChI=1S/C22H24N6O2/c1-13-18(20(23)29)19(15-6-5-7-17(12-15)30-4)28-22(24-13)25-21(26-28)14-8-10-16(11-9-14)27(2)3/h5-12,19H,1-4H3,(H2,23,29)(H,24,25,26). The first-order valence-corrected chi connectivity index (χ1v) is 9.55. The highest BCUT2D eigenvalue weighted by Crippen LogP contribution is 2.37. The Balaban J connectivity index is 1.82. The number of benzene rings is 2. The Hall–Kier alpha value is -3.81. The van der Waals surface area contributed by atoms with E-state index in [1.54, 1.807) is 11.8 Å². The van der Waals surface area contributed by atoms with Gasteiger partial charge in [-0.2, -0.15) is 4.98 Å². The number of methoxy groups -OCH3 is 1. The number of hydrogen-bond donors (Lipinski definition) is 2. The summed E-state index contributed by atoms with van der Waals surface area (Å²) in [5.74, 6) is 1.30. The molecule has 1 aliphatic heterocycles. The smallest absolute Gasteiger partial charge is 0.248 e. The Bertz CT molecular complexity index is 1130. The molecule has 1 aliphatic rings. The second kappa shape index (κ2) is 7.55. The molecule has 1 unspecified atom stereocenters. The van der Waals surface area contributed by atoms with E-state index in [1.807, 2.05) is 74.4 Å². The molecular weight excluding hydrogens is 380 g/mol. The quantitative estimate of drug-likeness (QED) is 0.679. The van der Waals surface area contributed by atoms with E-state index in [1.165, 1.54) is 0 Å². The molecule has 30 heavy (non-hydrogen) atoms. The highest BCUT2D eigenvalue weighted by molar-refractivity contribution is 5.95. The maximum Gasteiger partial charge on any atom is 0.248 e. The lowest BCUT2D eigenvalue weighted by atomic mass is 9.95. The molecule has 1 aromatic heterocycles. The number of nitrogens with two attached hydrogens (primary N) is 1. The molecule has 0 saturated carbocycles. The van der Waals surface area contributed by atoms with Crippen molar-refractivity contribution in [1.82, 2.24) is 14.8 Å². The molecule has 1 atom stereocenters. The molecule has 3 N–H and O–H groups in total. The van der Waals surface area contributed by atoms with Crippen molar-refractivity contribution in [2.75, 3.05) is 31.4 Å². The normalized spacial score (nSPS) is 15.4. The first-order valence-electron chi connectivity index (χ1n) is 9.55. The predicted octanol–water partition coefficient (Wildman–Crippen LogP) is 2.79. The third kappa shape index (κ3) is 3.36. The second-order valence-corrected chi connectivity index (χ2v) is 7.35. The van der Waals surface area contributed by atoms with Crippen LogP contribution in [0.4, 0.5) is 11.6 Å². The average Bonchev–Trinajstić information content (AvgIpc) is 3.16. The van der Waals surface area contributed by atoms with Crippen LogP contribution in [0, 0.1) is 0 Å². The number of aromatic nitrogens is 3. The van der Waals surface area contributed by atoms with Gasteiger partial charge in [0, 0.05) is 31.0 Å². The van der Waals surface area contributed by atoms with Crippen LogP contribution in [0.25, 0.3) is 11.4 Å². The molecule has 1 amide bonds. The van der Waals surface area contributed by atoms with Gasteiger partial charge in [0.05, 0.1) is 12.7 Å². The predicted molar refractivity (Wildman–Crippen MR) is 116 cm³/mol. The first kappa shape index (κ1) is 19.5. The SMILES string of the molecule is COc1cccc(C2C(C(N)=O)=C(C)Nc3nc(-c4ccc(N(C)C)cc4)nn32)c1. The minimum atomic E-state index is -0.508. The van der Waals surface area contributed by atoms with Crippen molar-refractivity contribution in [2.24, 2.45) is 5.73 Å². The molecule has 2 aromatic carbocycles. The largest absolute Gasteiger partial charge is 0.497 e. The third-order valence-electron chi connectivity index (χ3n) is 5.17. The van der Waals surface area contributed by atoms with Gasteiger partial charge in [-0.05, 0) is 48.9 Å². The number of hydrogen-bond acceptors (Lipinski definition) is 6. The van der Waals surface area contributed by atoms with E-state index in [2.05, 4.69) is 10.3 Å². The van der Waals surface area contributed by atoms with E-state index in [4.69, 9.17) is 15.6 Å². The zero-order valence-electron chi connectivity index (χ0n) is 17.4. The van der Waals surface area contributed by atoms with E-state index in [9.17, 15) is 4.79 Å². The van der Waals surface area contributed by atoms with Crippen molar-refractivity contribution in [3.63, 3.8) is 0 Å². The number of fused-ring (bicyclic) bond motifs is 1. The summed E-state index contributed by atoms with van der Waals surface area (Å²) >= 11 is 0. The lowest BCUT2D eigenvalue weighted by molar-refractivity contribution is -0.115. The summed E-state index contributed by atoms with van der Waals surface area (Å²) < 4.78 is 7.07. The molecule has 8 heteroatoms. The van der Waals surface area contributed by atoms with Gasteiger partial charge < -0.3 is 20.7 Å². The summed E-state index contributed by atoms with van der Waals surface area (Å²) in [7, 11) is 5.59. The van der Waals surface area contributed by atoms with Gasteiger partial charge in [0.1, 0.15) is 11.8 Å². The van der Waals surface area contributed by atoms with Gasteiger partial charge in [0.15, 0.2) is 5.82 Å². The van der Waals surface area contributed by atoms with E-state index in [0.29, 0.717) is 28.8 Å². The number of primary amides is 1. The number of ether oxygens (including phenoxy) is 1. The summed E-state index contributed by atoms with van der Waals surface area (Å²) in [6.07, 6.45) is 0. The van der Waals surface area contributed by atoms with Crippen LogP contribution in [0.2, 0.25) is 0 Å². The average molecular weight is 404 g/mol. The van der Waals surface area contributed by atoms with E-state index in [-0.39, 0.29) is 0 Å². The number of nitrogens with zero attached hydrogens (tertiary/aromatic N) is 4. The molecule has 154 valence electrons. The zero-order valence-corrected chi connectivity index (χ0v) is 17.4. The molecule has 0 bridgehead atoms. The Morgan fingerprint density at radius 3 is 2.57 bits per heavy atom. The zero-order chi connectivity index (χ0) is 21.4. The molecule has 3 aromatic rings. The molecule has 8 nitrogen and oxygen atoms in total. The Morgan fingerprint density at radius 2 is 1.93 bits per heavy atom. The second-order valence-electron chi connectivity index (χ2n) is 7.35. The molecular formula is C22H24N6O2. The molecule has 0 saturated heterocycles. The van der Waals surface area contributed by atoms with Crippen LogP contribution in [-0.2, 0) is 4.79 Å². The number of allylic oxidation sites excluding steroid dienone is 1. The van der Waals surface area contributed by atoms with Crippen molar-refractivity contribution in [3.05, 3.63) is 65.4 Å². The number of nitrogens with one attached hydrogen (secondary N) is 1. The van der Waals surface area contributed by atoms with Crippen LogP contribution >= 0.6 is 0 Å². The van der Waals surface area contributed by atoms with E-state index >= 15 is 0 Å². The van der Waals surface area contributed by atoms with Gasteiger partial charge in [-0.15, -0.1) is 5.10 Å². The fourth-order valence-corrected chi connectivity index (χ4v) is 3.62. The molecule has 0 radical (unpaired) electrons. The summed E-state index contributed by atoms with van der Waals surface area (Å²) in [5.41, 5.74) is 9.64. The molecule has 2 heterocycles. The van der Waals surface area contributed by atoms with Crippen molar-refractivity contribution in [3.8, 4) is 17.1 Å². The number of anilines is 2. The minimum absolute atomic E-state index is 0.440. The number of amides is 1. The Kier molecular flexibility index (Phi) is 4.91. The van der Waals surface area contributed by atoms with E-state index in [0.717, 1.165) is 16.8 Å². The van der Waals surface area contributed by atoms with Crippen molar-refractivity contribution in [1.29, 1.82) is 0 Å². The Morgan fingerprint density at radius 1 is 1.20 bits per heavy atom. The summed E-state index contributed by atoms with van der Waals surface area (Å²) in [4.78, 5) is 19.0. The fourth-order valence-electron chi connectivity index (χ4n) is 3.62. The molecule has 0 fully saturated rings.